The minimum atomic E-state index is -4.63. The molecular formula is C45H42F3N5O7S. The topological polar surface area (TPSA) is 183 Å². The Morgan fingerprint density at radius 3 is 1.70 bits per heavy atom. The number of rotatable bonds is 8. The minimum absolute atomic E-state index is 0.0451. The second-order valence-corrected chi connectivity index (χ2v) is 15.6. The number of hydrogen-bond donors (Lipinski definition) is 6. The van der Waals surface area contributed by atoms with Crippen LogP contribution in [0.4, 0.5) is 18.9 Å². The Hall–Kier alpha value is -6.81. The average Bonchev–Trinajstić information content (AvgIpc) is 3.76. The zero-order valence-corrected chi connectivity index (χ0v) is 33.4. The van der Waals surface area contributed by atoms with Crippen LogP contribution in [0.15, 0.2) is 121 Å². The van der Waals surface area contributed by atoms with Gasteiger partial charge in [-0.15, -0.1) is 11.3 Å². The molecule has 2 aliphatic heterocycles. The second-order valence-electron chi connectivity index (χ2n) is 14.5. The number of anilines is 1. The third kappa shape index (κ3) is 12.6. The van der Waals surface area contributed by atoms with E-state index in [4.69, 9.17) is 0 Å². The highest BCUT2D eigenvalue weighted by Gasteiger charge is 2.33. The molecule has 0 spiro atoms. The summed E-state index contributed by atoms with van der Waals surface area (Å²) in [6.07, 6.45) is -5.74. The molecule has 0 fully saturated rings. The number of alkyl halides is 3. The van der Waals surface area contributed by atoms with E-state index in [-0.39, 0.29) is 44.1 Å². The number of carboxylic acids is 1. The van der Waals surface area contributed by atoms with Crippen molar-refractivity contribution in [3.63, 3.8) is 0 Å². The van der Waals surface area contributed by atoms with Crippen molar-refractivity contribution >= 4 is 52.5 Å². The van der Waals surface area contributed by atoms with Crippen LogP contribution in [0.25, 0.3) is 11.1 Å². The van der Waals surface area contributed by atoms with Gasteiger partial charge >= 0.3 is 12.1 Å². The lowest BCUT2D eigenvalue weighted by molar-refractivity contribution is -0.142. The van der Waals surface area contributed by atoms with Gasteiger partial charge in [0.05, 0.1) is 5.56 Å². The zero-order chi connectivity index (χ0) is 43.5. The maximum Gasteiger partial charge on any atom is 0.416 e. The third-order valence-electron chi connectivity index (χ3n) is 10.00. The molecule has 3 heterocycles. The van der Waals surface area contributed by atoms with Gasteiger partial charge in [0, 0.05) is 49.1 Å². The number of halogens is 3. The van der Waals surface area contributed by atoms with Crippen LogP contribution in [-0.2, 0) is 60.6 Å². The molecule has 6 N–H and O–H groups in total. The van der Waals surface area contributed by atoms with Crippen LogP contribution in [0, 0.1) is 0 Å². The van der Waals surface area contributed by atoms with Crippen LogP contribution < -0.4 is 26.6 Å². The Bertz CT molecular complexity index is 2320. The van der Waals surface area contributed by atoms with E-state index >= 15 is 0 Å². The summed E-state index contributed by atoms with van der Waals surface area (Å²) in [4.78, 5) is 81.9. The van der Waals surface area contributed by atoms with Crippen molar-refractivity contribution in [2.24, 2.45) is 0 Å². The molecule has 5 aromatic rings. The number of carboxylic acid groups (broad SMARTS) is 1. The van der Waals surface area contributed by atoms with Crippen molar-refractivity contribution < 1.29 is 47.0 Å². The van der Waals surface area contributed by atoms with E-state index in [9.17, 15) is 47.0 Å². The Kier molecular flexibility index (Phi) is 14.3. The fraction of sp³-hybridized carbons (Fsp3) is 0.244. The van der Waals surface area contributed by atoms with E-state index < -0.39 is 71.4 Å². The number of fused-ring (bicyclic) bond motifs is 18. The number of thiophene rings is 1. The van der Waals surface area contributed by atoms with E-state index in [0.29, 0.717) is 16.8 Å². The smallest absolute Gasteiger partial charge is 0.416 e. The van der Waals surface area contributed by atoms with Gasteiger partial charge in [0.2, 0.25) is 29.5 Å². The molecule has 2 aliphatic rings. The lowest BCUT2D eigenvalue weighted by Crippen LogP contribution is -2.59. The third-order valence-corrected chi connectivity index (χ3v) is 10.9. The van der Waals surface area contributed by atoms with Gasteiger partial charge in [0.15, 0.2) is 0 Å². The Morgan fingerprint density at radius 2 is 1.15 bits per heavy atom. The first-order valence-corrected chi connectivity index (χ1v) is 20.2. The van der Waals surface area contributed by atoms with Gasteiger partial charge in [-0.1, -0.05) is 84.9 Å². The van der Waals surface area contributed by atoms with Crippen molar-refractivity contribution in [2.45, 2.75) is 68.9 Å². The van der Waals surface area contributed by atoms with Gasteiger partial charge in [-0.25, -0.2) is 4.79 Å². The second kappa shape index (κ2) is 20.0. The van der Waals surface area contributed by atoms with E-state index in [2.05, 4.69) is 26.6 Å². The van der Waals surface area contributed by atoms with E-state index in [1.807, 2.05) is 42.5 Å². The fourth-order valence-corrected chi connectivity index (χ4v) is 7.47. The van der Waals surface area contributed by atoms with E-state index in [0.717, 1.165) is 40.3 Å². The normalized spacial score (nSPS) is 19.7. The summed E-state index contributed by atoms with van der Waals surface area (Å²) in [6, 6.07) is 24.8. The van der Waals surface area contributed by atoms with Gasteiger partial charge in [-0.3, -0.25) is 24.0 Å². The molecule has 0 radical (unpaired) electrons. The van der Waals surface area contributed by atoms with Crippen LogP contribution in [0.1, 0.15) is 40.0 Å². The molecule has 0 aliphatic carbocycles. The van der Waals surface area contributed by atoms with Crippen LogP contribution >= 0.6 is 11.3 Å². The first kappa shape index (κ1) is 43.8. The van der Waals surface area contributed by atoms with Gasteiger partial charge < -0.3 is 31.7 Å². The average molecular weight is 854 g/mol. The predicted octanol–water partition coefficient (Wildman–Crippen LogP) is 5.46. The van der Waals surface area contributed by atoms with Gasteiger partial charge in [0.25, 0.3) is 0 Å². The molecule has 7 rings (SSSR count). The Morgan fingerprint density at radius 1 is 0.607 bits per heavy atom. The number of carbonyl (C=O) groups excluding carboxylic acids is 5. The standard InChI is InChI=1S/C45H42F3N5O7S/c46-45(47,48)32-16-10-28(11-17-32)24-36-42(57)53-38(44(59)60)25-29-12-18-33(19-13-29)49-39(54)20-21-40(55)50-37(26-34-7-4-22-61-34)43(58)52-35(41(56)51-36)23-27-8-14-31(15-9-27)30-5-2-1-3-6-30/h1-19,22,35-38H,20-21,23-26H2,(H,49,54)(H,50,55)(H,51,56)(H,52,58)(H,53,57)(H,59,60)/t35-,36+,37+,38+/m0/s1. The van der Waals surface area contributed by atoms with Crippen molar-refractivity contribution in [3.8, 4) is 11.1 Å². The first-order valence-electron chi connectivity index (χ1n) is 19.3. The molecule has 5 amide bonds. The number of benzene rings is 4. The molecule has 2 bridgehead atoms. The molecule has 0 saturated heterocycles. The molecular weight excluding hydrogens is 812 g/mol. The van der Waals surface area contributed by atoms with Crippen molar-refractivity contribution in [2.75, 3.05) is 5.32 Å². The summed E-state index contributed by atoms with van der Waals surface area (Å²) in [5.41, 5.74) is 2.56. The van der Waals surface area contributed by atoms with Crippen LogP contribution in [0.5, 0.6) is 0 Å². The molecule has 12 nitrogen and oxygen atoms in total. The van der Waals surface area contributed by atoms with Crippen LogP contribution in [0.2, 0.25) is 0 Å². The maximum atomic E-state index is 14.4. The molecule has 1 aromatic heterocycles. The predicted molar refractivity (Wildman–Crippen MR) is 222 cm³/mol. The highest BCUT2D eigenvalue weighted by Crippen LogP contribution is 2.29. The summed E-state index contributed by atoms with van der Waals surface area (Å²) in [5, 5.41) is 25.2. The molecule has 4 aromatic carbocycles. The first-order chi connectivity index (χ1) is 29.2. The van der Waals surface area contributed by atoms with Crippen LogP contribution in [0.3, 0.4) is 0 Å². The van der Waals surface area contributed by atoms with Crippen molar-refractivity contribution in [3.05, 3.63) is 148 Å². The zero-order valence-electron chi connectivity index (χ0n) is 32.5. The molecule has 0 unspecified atom stereocenters. The van der Waals surface area contributed by atoms with E-state index in [1.54, 1.807) is 41.8 Å². The summed E-state index contributed by atoms with van der Waals surface area (Å²) in [6.45, 7) is 0. The summed E-state index contributed by atoms with van der Waals surface area (Å²) < 4.78 is 40.3. The quantitative estimate of drug-likeness (QED) is 0.112. The van der Waals surface area contributed by atoms with Crippen molar-refractivity contribution in [1.29, 1.82) is 0 Å². The van der Waals surface area contributed by atoms with Crippen LogP contribution in [-0.4, -0.2) is 64.8 Å². The van der Waals surface area contributed by atoms with Gasteiger partial charge in [-0.05, 0) is 63.5 Å². The number of carbonyl (C=O) groups is 6. The van der Waals surface area contributed by atoms with Gasteiger partial charge in [0.1, 0.15) is 24.2 Å². The fourth-order valence-electron chi connectivity index (χ4n) is 6.72. The molecule has 16 heteroatoms. The highest BCUT2D eigenvalue weighted by molar-refractivity contribution is 7.09. The van der Waals surface area contributed by atoms with Gasteiger partial charge in [-0.2, -0.15) is 13.2 Å². The Labute approximate surface area is 353 Å². The number of nitrogens with one attached hydrogen (secondary N) is 5. The number of amides is 5. The highest BCUT2D eigenvalue weighted by atomic mass is 32.1. The summed E-state index contributed by atoms with van der Waals surface area (Å²) in [7, 11) is 0. The summed E-state index contributed by atoms with van der Waals surface area (Å²) in [5.74, 6) is -5.04. The minimum Gasteiger partial charge on any atom is -0.480 e. The molecule has 0 saturated carbocycles. The lowest BCUT2D eigenvalue weighted by atomic mass is 9.98. The monoisotopic (exact) mass is 853 g/mol. The lowest BCUT2D eigenvalue weighted by Gasteiger charge is -2.26. The Balaban J connectivity index is 1.36. The number of aliphatic carboxylic acids is 1. The largest absolute Gasteiger partial charge is 0.480 e. The molecule has 61 heavy (non-hydrogen) atoms. The number of hydrogen-bond acceptors (Lipinski definition) is 7. The maximum absolute atomic E-state index is 14.4. The molecule has 4 atom stereocenters. The SMILES string of the molecule is O=C1CCC(=O)N[C@H](Cc2cccs2)C(=O)N[C@@H](Cc2ccc(-c3ccccc3)cc2)C(=O)N[C@H](Cc2ccc(C(F)(F)F)cc2)C(=O)N[C@@H](C(=O)O)Cc2ccc(cc2)N1. The summed E-state index contributed by atoms with van der Waals surface area (Å²) >= 11 is 1.34. The van der Waals surface area contributed by atoms with Crippen molar-refractivity contribution in [1.82, 2.24) is 21.3 Å². The molecule has 316 valence electrons. The van der Waals surface area contributed by atoms with E-state index in [1.165, 1.54) is 23.5 Å².